The zero-order valence-corrected chi connectivity index (χ0v) is 11.8. The Labute approximate surface area is 123 Å². The summed E-state index contributed by atoms with van der Waals surface area (Å²) in [6.45, 7) is 1.69. The second-order valence-electron chi connectivity index (χ2n) is 5.65. The number of piperidine rings is 1. The molecule has 0 spiro atoms. The van der Waals surface area contributed by atoms with Crippen LogP contribution in [0.1, 0.15) is 19.3 Å². The third kappa shape index (κ3) is 3.47. The van der Waals surface area contributed by atoms with Crippen molar-refractivity contribution in [1.29, 1.82) is 0 Å². The van der Waals surface area contributed by atoms with Gasteiger partial charge in [-0.1, -0.05) is 0 Å². The van der Waals surface area contributed by atoms with E-state index in [0.29, 0.717) is 32.1 Å². The van der Waals surface area contributed by atoms with Gasteiger partial charge < -0.3 is 15.5 Å². The van der Waals surface area contributed by atoms with Crippen LogP contribution in [-0.2, 0) is 4.79 Å². The maximum absolute atomic E-state index is 13.1. The van der Waals surface area contributed by atoms with Crippen molar-refractivity contribution in [2.45, 2.75) is 37.5 Å². The quantitative estimate of drug-likeness (QED) is 0.853. The van der Waals surface area contributed by atoms with Crippen molar-refractivity contribution >= 4 is 11.7 Å². The standard InChI is InChI=1S/C14H20FN5O/c15-10-8-12(16-9-10)14(21)20-6-3-11(4-7-20)18-13-2-1-5-17-19-13/h1-2,5,10-12,16H,3-4,6-9H2,(H,18,19)/t10-,12+/m0/s1. The van der Waals surface area contributed by atoms with Crippen molar-refractivity contribution in [1.82, 2.24) is 20.4 Å². The van der Waals surface area contributed by atoms with Crippen LogP contribution in [0.15, 0.2) is 18.3 Å². The van der Waals surface area contributed by atoms with E-state index in [0.717, 1.165) is 18.7 Å². The summed E-state index contributed by atoms with van der Waals surface area (Å²) in [7, 11) is 0. The summed E-state index contributed by atoms with van der Waals surface area (Å²) < 4.78 is 13.1. The molecule has 1 aromatic rings. The molecule has 2 atom stereocenters. The minimum absolute atomic E-state index is 0.0353. The summed E-state index contributed by atoms with van der Waals surface area (Å²) in [5, 5.41) is 14.1. The molecule has 1 amide bonds. The van der Waals surface area contributed by atoms with Crippen LogP contribution in [0.5, 0.6) is 0 Å². The smallest absolute Gasteiger partial charge is 0.239 e. The molecule has 3 rings (SSSR count). The Morgan fingerprint density at radius 1 is 1.43 bits per heavy atom. The zero-order valence-electron chi connectivity index (χ0n) is 11.8. The van der Waals surface area contributed by atoms with Gasteiger partial charge in [-0.15, -0.1) is 5.10 Å². The number of likely N-dealkylation sites (tertiary alicyclic amines) is 1. The number of halogens is 1. The lowest BCUT2D eigenvalue weighted by molar-refractivity contribution is -0.134. The first-order valence-corrected chi connectivity index (χ1v) is 7.43. The first-order valence-electron chi connectivity index (χ1n) is 7.43. The Hall–Kier alpha value is -1.76. The van der Waals surface area contributed by atoms with Crippen LogP contribution in [0.25, 0.3) is 0 Å². The van der Waals surface area contributed by atoms with Crippen LogP contribution in [0.4, 0.5) is 10.2 Å². The number of hydrogen-bond donors (Lipinski definition) is 2. The summed E-state index contributed by atoms with van der Waals surface area (Å²) in [5.74, 6) is 0.799. The number of alkyl halides is 1. The van der Waals surface area contributed by atoms with Gasteiger partial charge in [0, 0.05) is 38.3 Å². The Morgan fingerprint density at radius 3 is 2.86 bits per heavy atom. The summed E-state index contributed by atoms with van der Waals surface area (Å²) in [5.41, 5.74) is 0. The number of anilines is 1. The van der Waals surface area contributed by atoms with Crippen LogP contribution in [0, 0.1) is 0 Å². The highest BCUT2D eigenvalue weighted by molar-refractivity contribution is 5.82. The largest absolute Gasteiger partial charge is 0.366 e. The predicted octanol–water partition coefficient (Wildman–Crippen LogP) is 0.579. The topological polar surface area (TPSA) is 70.2 Å². The van der Waals surface area contributed by atoms with Crippen LogP contribution in [-0.4, -0.2) is 58.9 Å². The second kappa shape index (κ2) is 6.34. The fraction of sp³-hybridized carbons (Fsp3) is 0.643. The van der Waals surface area contributed by atoms with E-state index in [1.54, 1.807) is 6.20 Å². The third-order valence-electron chi connectivity index (χ3n) is 4.11. The van der Waals surface area contributed by atoms with Gasteiger partial charge in [-0.25, -0.2) is 4.39 Å². The maximum Gasteiger partial charge on any atom is 0.239 e. The summed E-state index contributed by atoms with van der Waals surface area (Å²) in [4.78, 5) is 14.1. The number of amides is 1. The minimum Gasteiger partial charge on any atom is -0.366 e. The molecule has 0 radical (unpaired) electrons. The number of carbonyl (C=O) groups is 1. The van der Waals surface area contributed by atoms with Crippen LogP contribution in [0.2, 0.25) is 0 Å². The summed E-state index contributed by atoms with van der Waals surface area (Å²) in [6, 6.07) is 3.68. The number of carbonyl (C=O) groups excluding carboxylic acids is 1. The van der Waals surface area contributed by atoms with Crippen molar-refractivity contribution in [3.05, 3.63) is 18.3 Å². The molecular formula is C14H20FN5O. The Kier molecular flexibility index (Phi) is 4.28. The van der Waals surface area contributed by atoms with Crippen LogP contribution >= 0.6 is 0 Å². The average molecular weight is 293 g/mol. The highest BCUT2D eigenvalue weighted by Gasteiger charge is 2.33. The number of hydrogen-bond acceptors (Lipinski definition) is 5. The summed E-state index contributed by atoms with van der Waals surface area (Å²) >= 11 is 0. The molecule has 21 heavy (non-hydrogen) atoms. The number of nitrogens with zero attached hydrogens (tertiary/aromatic N) is 3. The highest BCUT2D eigenvalue weighted by atomic mass is 19.1. The average Bonchev–Trinajstić information content (AvgIpc) is 2.95. The first-order chi connectivity index (χ1) is 10.2. The van der Waals surface area contributed by atoms with Crippen LogP contribution < -0.4 is 10.6 Å². The molecule has 0 aliphatic carbocycles. The molecular weight excluding hydrogens is 273 g/mol. The van der Waals surface area contributed by atoms with Crippen molar-refractivity contribution in [3.63, 3.8) is 0 Å². The molecule has 2 saturated heterocycles. The normalized spacial score (nSPS) is 26.8. The molecule has 2 aliphatic heterocycles. The monoisotopic (exact) mass is 293 g/mol. The number of rotatable bonds is 3. The Balaban J connectivity index is 1.47. The van der Waals surface area contributed by atoms with Gasteiger partial charge in [0.1, 0.15) is 12.0 Å². The van der Waals surface area contributed by atoms with E-state index in [9.17, 15) is 9.18 Å². The molecule has 2 fully saturated rings. The predicted molar refractivity (Wildman–Crippen MR) is 76.6 cm³/mol. The lowest BCUT2D eigenvalue weighted by Gasteiger charge is -2.34. The van der Waals surface area contributed by atoms with E-state index >= 15 is 0 Å². The van der Waals surface area contributed by atoms with Gasteiger partial charge in [0.2, 0.25) is 5.91 Å². The number of aromatic nitrogens is 2. The number of nitrogens with one attached hydrogen (secondary N) is 2. The van der Waals surface area contributed by atoms with Gasteiger partial charge in [0.25, 0.3) is 0 Å². The molecule has 6 nitrogen and oxygen atoms in total. The van der Waals surface area contributed by atoms with Crippen molar-refractivity contribution in [2.24, 2.45) is 0 Å². The highest BCUT2D eigenvalue weighted by Crippen LogP contribution is 2.18. The zero-order chi connectivity index (χ0) is 14.7. The molecule has 0 saturated carbocycles. The summed E-state index contributed by atoms with van der Waals surface area (Å²) in [6.07, 6.45) is 2.78. The van der Waals surface area contributed by atoms with Crippen molar-refractivity contribution in [3.8, 4) is 0 Å². The molecule has 3 heterocycles. The lowest BCUT2D eigenvalue weighted by Crippen LogP contribution is -2.48. The van der Waals surface area contributed by atoms with E-state index < -0.39 is 6.17 Å². The third-order valence-corrected chi connectivity index (χ3v) is 4.11. The lowest BCUT2D eigenvalue weighted by atomic mass is 10.0. The van der Waals surface area contributed by atoms with E-state index in [2.05, 4.69) is 20.8 Å². The molecule has 2 aliphatic rings. The van der Waals surface area contributed by atoms with Gasteiger partial charge in [-0.3, -0.25) is 4.79 Å². The molecule has 1 aromatic heterocycles. The van der Waals surface area contributed by atoms with E-state index in [-0.39, 0.29) is 11.9 Å². The molecule has 0 aromatic carbocycles. The fourth-order valence-corrected chi connectivity index (χ4v) is 2.93. The van der Waals surface area contributed by atoms with E-state index in [4.69, 9.17) is 0 Å². The van der Waals surface area contributed by atoms with Crippen molar-refractivity contribution in [2.75, 3.05) is 25.0 Å². The van der Waals surface area contributed by atoms with Gasteiger partial charge in [0.15, 0.2) is 0 Å². The Morgan fingerprint density at radius 2 is 2.24 bits per heavy atom. The Bertz CT molecular complexity index is 478. The van der Waals surface area contributed by atoms with E-state index in [1.807, 2.05) is 17.0 Å². The van der Waals surface area contributed by atoms with Gasteiger partial charge >= 0.3 is 0 Å². The molecule has 0 unspecified atom stereocenters. The van der Waals surface area contributed by atoms with Gasteiger partial charge in [-0.05, 0) is 25.0 Å². The van der Waals surface area contributed by atoms with Crippen LogP contribution in [0.3, 0.4) is 0 Å². The van der Waals surface area contributed by atoms with E-state index in [1.165, 1.54) is 0 Å². The molecule has 7 heteroatoms. The van der Waals surface area contributed by atoms with Gasteiger partial charge in [-0.2, -0.15) is 5.10 Å². The second-order valence-corrected chi connectivity index (χ2v) is 5.65. The first kappa shape index (κ1) is 14.2. The maximum atomic E-state index is 13.1. The van der Waals surface area contributed by atoms with Gasteiger partial charge in [0.05, 0.1) is 6.04 Å². The SMILES string of the molecule is O=C([C@H]1C[C@H](F)CN1)N1CCC(Nc2cccnn2)CC1. The molecule has 2 N–H and O–H groups in total. The fourth-order valence-electron chi connectivity index (χ4n) is 2.93. The van der Waals surface area contributed by atoms with Crippen molar-refractivity contribution < 1.29 is 9.18 Å². The molecule has 114 valence electrons. The molecule has 0 bridgehead atoms. The minimum atomic E-state index is -0.894.